The summed E-state index contributed by atoms with van der Waals surface area (Å²) < 4.78 is 1.04. The Labute approximate surface area is 103 Å². The third kappa shape index (κ3) is 2.31. The molecule has 0 aliphatic rings. The van der Waals surface area contributed by atoms with Gasteiger partial charge < -0.3 is 5.11 Å². The van der Waals surface area contributed by atoms with E-state index in [0.717, 1.165) is 27.0 Å². The first kappa shape index (κ1) is 11.3. The van der Waals surface area contributed by atoms with Gasteiger partial charge in [0.2, 0.25) is 0 Å². The van der Waals surface area contributed by atoms with E-state index in [9.17, 15) is 5.11 Å². The van der Waals surface area contributed by atoms with Crippen LogP contribution in [0, 0.1) is 6.92 Å². The molecule has 0 radical (unpaired) electrons. The predicted molar refractivity (Wildman–Crippen MR) is 68.0 cm³/mol. The molecule has 0 fully saturated rings. The molecule has 0 bridgehead atoms. The average Bonchev–Trinajstić information content (AvgIpc) is 2.30. The van der Waals surface area contributed by atoms with Gasteiger partial charge in [0.1, 0.15) is 0 Å². The summed E-state index contributed by atoms with van der Waals surface area (Å²) in [6.45, 7) is 1.89. The fraction of sp³-hybridized carbons (Fsp3) is 0.154. The quantitative estimate of drug-likeness (QED) is 0.914. The number of hydrogen-bond acceptors (Lipinski definition) is 2. The highest BCUT2D eigenvalue weighted by Crippen LogP contribution is 2.24. The van der Waals surface area contributed by atoms with Crippen molar-refractivity contribution in [2.45, 2.75) is 13.5 Å². The van der Waals surface area contributed by atoms with Gasteiger partial charge in [0.15, 0.2) is 0 Å². The zero-order valence-electron chi connectivity index (χ0n) is 8.94. The number of aliphatic hydroxyl groups excluding tert-OH is 1. The SMILES string of the molecule is Cc1ccc(-c2ccc(Br)cc2)c(CO)n1. The molecule has 16 heavy (non-hydrogen) atoms. The first-order valence-corrected chi connectivity index (χ1v) is 5.83. The Kier molecular flexibility index (Phi) is 3.36. The summed E-state index contributed by atoms with van der Waals surface area (Å²) in [4.78, 5) is 4.33. The molecular weight excluding hydrogens is 266 g/mol. The van der Waals surface area contributed by atoms with Crippen LogP contribution in [0.1, 0.15) is 11.4 Å². The average molecular weight is 278 g/mol. The van der Waals surface area contributed by atoms with Gasteiger partial charge in [-0.15, -0.1) is 0 Å². The van der Waals surface area contributed by atoms with E-state index in [0.29, 0.717) is 0 Å². The zero-order chi connectivity index (χ0) is 11.5. The molecule has 0 spiro atoms. The summed E-state index contributed by atoms with van der Waals surface area (Å²) in [6.07, 6.45) is 0. The Morgan fingerprint density at radius 2 is 1.81 bits per heavy atom. The monoisotopic (exact) mass is 277 g/mol. The van der Waals surface area contributed by atoms with E-state index in [1.165, 1.54) is 0 Å². The van der Waals surface area contributed by atoms with Gasteiger partial charge in [-0.2, -0.15) is 0 Å². The summed E-state index contributed by atoms with van der Waals surface area (Å²) in [5.74, 6) is 0. The van der Waals surface area contributed by atoms with E-state index in [1.54, 1.807) is 0 Å². The molecule has 82 valence electrons. The highest BCUT2D eigenvalue weighted by atomic mass is 79.9. The summed E-state index contributed by atoms with van der Waals surface area (Å²) in [6, 6.07) is 11.9. The summed E-state index contributed by atoms with van der Waals surface area (Å²) in [7, 11) is 0. The van der Waals surface area contributed by atoms with Gasteiger partial charge in [0.05, 0.1) is 12.3 Å². The number of halogens is 1. The lowest BCUT2D eigenvalue weighted by molar-refractivity contribution is 0.277. The second-order valence-electron chi connectivity index (χ2n) is 3.61. The van der Waals surface area contributed by atoms with Gasteiger partial charge in [-0.25, -0.2) is 0 Å². The largest absolute Gasteiger partial charge is 0.390 e. The molecule has 1 heterocycles. The van der Waals surface area contributed by atoms with Crippen molar-refractivity contribution in [1.29, 1.82) is 0 Å². The second kappa shape index (κ2) is 4.76. The molecule has 0 atom stereocenters. The van der Waals surface area contributed by atoms with Crippen LogP contribution in [-0.2, 0) is 6.61 Å². The number of rotatable bonds is 2. The van der Waals surface area contributed by atoms with Crippen LogP contribution in [0.5, 0.6) is 0 Å². The number of aromatic nitrogens is 1. The topological polar surface area (TPSA) is 33.1 Å². The molecule has 0 saturated carbocycles. The van der Waals surface area contributed by atoms with Crippen molar-refractivity contribution in [3.05, 3.63) is 52.3 Å². The van der Waals surface area contributed by atoms with Gasteiger partial charge in [0.25, 0.3) is 0 Å². The van der Waals surface area contributed by atoms with Crippen LogP contribution in [0.4, 0.5) is 0 Å². The minimum Gasteiger partial charge on any atom is -0.390 e. The molecule has 2 rings (SSSR count). The van der Waals surface area contributed by atoms with Gasteiger partial charge in [-0.05, 0) is 30.7 Å². The van der Waals surface area contributed by atoms with E-state index < -0.39 is 0 Å². The lowest BCUT2D eigenvalue weighted by Gasteiger charge is -2.07. The molecule has 3 heteroatoms. The molecule has 2 aromatic rings. The Morgan fingerprint density at radius 3 is 2.44 bits per heavy atom. The molecule has 1 aromatic carbocycles. The van der Waals surface area contributed by atoms with Crippen LogP contribution in [0.3, 0.4) is 0 Å². The lowest BCUT2D eigenvalue weighted by Crippen LogP contribution is -1.95. The van der Waals surface area contributed by atoms with Crippen molar-refractivity contribution in [1.82, 2.24) is 4.98 Å². The third-order valence-electron chi connectivity index (χ3n) is 2.42. The van der Waals surface area contributed by atoms with Gasteiger partial charge in [-0.3, -0.25) is 4.98 Å². The summed E-state index contributed by atoms with van der Waals surface area (Å²) in [5.41, 5.74) is 3.70. The fourth-order valence-corrected chi connectivity index (χ4v) is 1.89. The first-order chi connectivity index (χ1) is 7.70. The van der Waals surface area contributed by atoms with Gasteiger partial charge in [-0.1, -0.05) is 34.1 Å². The Balaban J connectivity index is 2.51. The highest BCUT2D eigenvalue weighted by molar-refractivity contribution is 9.10. The predicted octanol–water partition coefficient (Wildman–Crippen LogP) is 3.31. The van der Waals surface area contributed by atoms with E-state index in [1.807, 2.05) is 43.3 Å². The van der Waals surface area contributed by atoms with Gasteiger partial charge in [0, 0.05) is 15.7 Å². The van der Waals surface area contributed by atoms with Crippen LogP contribution in [0.15, 0.2) is 40.9 Å². The lowest BCUT2D eigenvalue weighted by atomic mass is 10.0. The van der Waals surface area contributed by atoms with Crippen molar-refractivity contribution in [3.8, 4) is 11.1 Å². The molecule has 0 saturated heterocycles. The van der Waals surface area contributed by atoms with Crippen molar-refractivity contribution < 1.29 is 5.11 Å². The maximum Gasteiger partial charge on any atom is 0.0859 e. The molecule has 0 amide bonds. The van der Waals surface area contributed by atoms with E-state index in [4.69, 9.17) is 0 Å². The number of pyridine rings is 1. The second-order valence-corrected chi connectivity index (χ2v) is 4.53. The first-order valence-electron chi connectivity index (χ1n) is 5.04. The van der Waals surface area contributed by atoms with Crippen molar-refractivity contribution >= 4 is 15.9 Å². The molecule has 1 aromatic heterocycles. The molecule has 0 aliphatic heterocycles. The smallest absolute Gasteiger partial charge is 0.0859 e. The Morgan fingerprint density at radius 1 is 1.12 bits per heavy atom. The Hall–Kier alpha value is -1.19. The Bertz CT molecular complexity index is 494. The van der Waals surface area contributed by atoms with Crippen LogP contribution < -0.4 is 0 Å². The minimum absolute atomic E-state index is 0.0346. The summed E-state index contributed by atoms with van der Waals surface area (Å²) in [5, 5.41) is 9.29. The molecule has 2 nitrogen and oxygen atoms in total. The van der Waals surface area contributed by atoms with E-state index >= 15 is 0 Å². The number of aliphatic hydroxyl groups is 1. The van der Waals surface area contributed by atoms with Crippen LogP contribution >= 0.6 is 15.9 Å². The number of hydrogen-bond donors (Lipinski definition) is 1. The molecule has 0 aliphatic carbocycles. The maximum atomic E-state index is 9.29. The van der Waals surface area contributed by atoms with E-state index in [2.05, 4.69) is 20.9 Å². The molecule has 1 N–H and O–H groups in total. The van der Waals surface area contributed by atoms with Crippen LogP contribution in [0.2, 0.25) is 0 Å². The van der Waals surface area contributed by atoms with Gasteiger partial charge >= 0.3 is 0 Å². The molecular formula is C13H12BrNO. The van der Waals surface area contributed by atoms with Crippen molar-refractivity contribution in [2.24, 2.45) is 0 Å². The zero-order valence-corrected chi connectivity index (χ0v) is 10.5. The van der Waals surface area contributed by atoms with Crippen molar-refractivity contribution in [3.63, 3.8) is 0 Å². The number of benzene rings is 1. The van der Waals surface area contributed by atoms with Crippen LogP contribution in [-0.4, -0.2) is 10.1 Å². The highest BCUT2D eigenvalue weighted by Gasteiger charge is 2.05. The number of aryl methyl sites for hydroxylation is 1. The van der Waals surface area contributed by atoms with Crippen molar-refractivity contribution in [2.75, 3.05) is 0 Å². The third-order valence-corrected chi connectivity index (χ3v) is 2.95. The molecule has 0 unspecified atom stereocenters. The van der Waals surface area contributed by atoms with Crippen LogP contribution in [0.25, 0.3) is 11.1 Å². The fourth-order valence-electron chi connectivity index (χ4n) is 1.62. The number of nitrogens with zero attached hydrogens (tertiary/aromatic N) is 1. The minimum atomic E-state index is -0.0346. The normalized spacial score (nSPS) is 10.4. The van der Waals surface area contributed by atoms with E-state index in [-0.39, 0.29) is 6.61 Å². The summed E-state index contributed by atoms with van der Waals surface area (Å²) >= 11 is 3.40. The standard InChI is InChI=1S/C13H12BrNO/c1-9-2-7-12(13(8-16)15-9)10-3-5-11(14)6-4-10/h2-7,16H,8H2,1H3. The maximum absolute atomic E-state index is 9.29.